The molecule has 0 bridgehead atoms. The van der Waals surface area contributed by atoms with Gasteiger partial charge in [0.1, 0.15) is 0 Å². The van der Waals surface area contributed by atoms with Crippen molar-refractivity contribution in [1.29, 1.82) is 0 Å². The van der Waals surface area contributed by atoms with Crippen LogP contribution < -0.4 is 30.6 Å². The van der Waals surface area contributed by atoms with Gasteiger partial charge >= 0.3 is 21.1 Å². The number of aliphatic hydroxyl groups excluding tert-OH is 3. The topological polar surface area (TPSA) is 388 Å². The summed E-state index contributed by atoms with van der Waals surface area (Å²) in [6, 6.07) is 0. The van der Waals surface area contributed by atoms with Crippen LogP contribution in [0.5, 0.6) is 0 Å². The number of aliphatic hydroxyl groups is 3. The fourth-order valence-corrected chi connectivity index (χ4v) is 1.55. The summed E-state index contributed by atoms with van der Waals surface area (Å²) in [4.78, 5) is 76.9. The molecule has 3 unspecified atom stereocenters. The number of aromatic amines is 3. The number of imidazole rings is 3. The molecule has 0 radical (unpaired) electrons. The van der Waals surface area contributed by atoms with Crippen molar-refractivity contribution in [2.24, 2.45) is 0 Å². The van der Waals surface area contributed by atoms with Crippen LogP contribution in [0.25, 0.3) is 18.2 Å². The zero-order valence-electron chi connectivity index (χ0n) is 25.7. The number of aromatic nitrogens is 6. The molecule has 0 aliphatic rings. The fraction of sp³-hybridized carbons (Fsp3) is 0.222. The van der Waals surface area contributed by atoms with Crippen LogP contribution in [0.4, 0.5) is 0 Å². The van der Waals surface area contributed by atoms with Crippen LogP contribution >= 0.6 is 0 Å². The van der Waals surface area contributed by atoms with E-state index >= 15 is 0 Å². The van der Waals surface area contributed by atoms with E-state index in [0.29, 0.717) is 17.1 Å². The van der Waals surface area contributed by atoms with Crippen LogP contribution in [-0.4, -0.2) is 99.4 Å². The number of hydrogen-bond donors (Lipinski definition) is 6. The maximum absolute atomic E-state index is 9.86. The molecule has 49 heavy (non-hydrogen) atoms. The minimum atomic E-state index is -1.44. The Kier molecular flexibility index (Phi) is 31.6. The first-order valence-corrected chi connectivity index (χ1v) is 12.6. The molecule has 0 saturated heterocycles. The number of carboxylic acids is 6. The van der Waals surface area contributed by atoms with Crippen molar-refractivity contribution in [3.8, 4) is 0 Å². The van der Waals surface area contributed by atoms with Crippen molar-refractivity contribution in [1.82, 2.24) is 29.9 Å². The molecule has 264 valence electrons. The van der Waals surface area contributed by atoms with Gasteiger partial charge in [-0.3, -0.25) is 0 Å². The summed E-state index contributed by atoms with van der Waals surface area (Å²) in [5.74, 6) is -7.96. The van der Waals surface area contributed by atoms with E-state index in [9.17, 15) is 59.4 Å². The van der Waals surface area contributed by atoms with Crippen LogP contribution in [0.1, 0.15) is 37.9 Å². The third-order valence-corrected chi connectivity index (χ3v) is 3.75. The van der Waals surface area contributed by atoms with Gasteiger partial charge in [-0.15, -0.1) is 0 Å². The van der Waals surface area contributed by atoms with E-state index in [1.54, 1.807) is 18.6 Å². The average Bonchev–Trinajstić information content (AvgIpc) is 3.80. The van der Waals surface area contributed by atoms with Gasteiger partial charge in [-0.2, -0.15) is 0 Å². The molecular formula is C27H30MoN6O15. The molecule has 0 saturated carbocycles. The van der Waals surface area contributed by atoms with Crippen molar-refractivity contribution in [2.75, 3.05) is 0 Å². The van der Waals surface area contributed by atoms with Gasteiger partial charge in [-0.05, 0) is 57.2 Å². The zero-order valence-corrected chi connectivity index (χ0v) is 27.7. The molecule has 6 N–H and O–H groups in total. The Balaban J connectivity index is -0.000000252. The number of nitrogens with zero attached hydrogens (tertiary/aromatic N) is 3. The van der Waals surface area contributed by atoms with Gasteiger partial charge in [0.25, 0.3) is 0 Å². The Morgan fingerprint density at radius 1 is 0.531 bits per heavy atom. The third kappa shape index (κ3) is 38.3. The number of aliphatic carboxylic acids is 6. The quantitative estimate of drug-likeness (QED) is 0.0868. The number of H-pyrrole nitrogens is 3. The zero-order chi connectivity index (χ0) is 37.7. The molecule has 0 spiro atoms. The first kappa shape index (κ1) is 50.1. The van der Waals surface area contributed by atoms with Crippen molar-refractivity contribution >= 4 is 54.0 Å². The van der Waals surface area contributed by atoms with E-state index in [2.05, 4.69) is 29.9 Å². The second kappa shape index (κ2) is 30.9. The Morgan fingerprint density at radius 2 is 0.714 bits per heavy atom. The van der Waals surface area contributed by atoms with Crippen molar-refractivity contribution in [2.45, 2.75) is 39.1 Å². The van der Waals surface area contributed by atoms with Crippen LogP contribution in [-0.2, 0) is 49.8 Å². The third-order valence-electron chi connectivity index (χ3n) is 3.75. The van der Waals surface area contributed by atoms with E-state index in [4.69, 9.17) is 15.3 Å². The van der Waals surface area contributed by atoms with Crippen molar-refractivity contribution in [3.63, 3.8) is 0 Å². The van der Waals surface area contributed by atoms with Gasteiger partial charge in [0.2, 0.25) is 0 Å². The Labute approximate surface area is 291 Å². The smallest absolute Gasteiger partial charge is 0.547 e. The summed E-state index contributed by atoms with van der Waals surface area (Å²) in [7, 11) is 0. The first-order valence-electron chi connectivity index (χ1n) is 12.6. The van der Waals surface area contributed by atoms with Crippen LogP contribution in [0.15, 0.2) is 55.8 Å². The number of carbonyl (C=O) groups is 6. The number of rotatable bonds is 9. The Morgan fingerprint density at radius 3 is 0.816 bits per heavy atom. The van der Waals surface area contributed by atoms with Gasteiger partial charge < -0.3 is 89.7 Å². The largest absolute Gasteiger partial charge is 6.00 e. The number of hydrogen-bond acceptors (Lipinski definition) is 18. The molecule has 3 aromatic rings. The van der Waals surface area contributed by atoms with Gasteiger partial charge in [0.05, 0.1) is 90.2 Å². The van der Waals surface area contributed by atoms with Crippen molar-refractivity contribution < 1.29 is 95.8 Å². The molecule has 0 aliphatic heterocycles. The summed E-state index contributed by atoms with van der Waals surface area (Å²) in [6.07, 6.45) is 12.0. The molecule has 0 aromatic carbocycles. The average molecular weight is 775 g/mol. The maximum Gasteiger partial charge on any atom is 6.00 e. The molecule has 22 heteroatoms. The van der Waals surface area contributed by atoms with E-state index in [-0.39, 0.29) is 21.1 Å². The molecule has 0 amide bonds. The van der Waals surface area contributed by atoms with Crippen LogP contribution in [0, 0.1) is 0 Å². The summed E-state index contributed by atoms with van der Waals surface area (Å²) < 4.78 is 0. The second-order valence-electron chi connectivity index (χ2n) is 7.92. The van der Waals surface area contributed by atoms with Gasteiger partial charge in [-0.25, -0.2) is 15.0 Å². The van der Waals surface area contributed by atoms with Crippen LogP contribution in [0.2, 0.25) is 0 Å². The molecule has 0 aliphatic carbocycles. The van der Waals surface area contributed by atoms with Gasteiger partial charge in [0, 0.05) is 18.6 Å². The van der Waals surface area contributed by atoms with Gasteiger partial charge in [-0.1, -0.05) is 0 Å². The Hall–Kier alpha value is -5.76. The van der Waals surface area contributed by atoms with E-state index in [1.807, 2.05) is 0 Å². The molecule has 3 heterocycles. The molecule has 0 fully saturated rings. The summed E-state index contributed by atoms with van der Waals surface area (Å²) >= 11 is 0. The summed E-state index contributed by atoms with van der Waals surface area (Å²) in [6.45, 7) is 3.40. The number of nitrogens with one attached hydrogen (secondary N) is 3. The first-order chi connectivity index (χ1) is 22.3. The minimum absolute atomic E-state index is 0. The van der Waals surface area contributed by atoms with E-state index < -0.39 is 54.1 Å². The van der Waals surface area contributed by atoms with E-state index in [0.717, 1.165) is 39.0 Å². The van der Waals surface area contributed by atoms with Crippen LogP contribution in [0.3, 0.4) is 0 Å². The fourth-order valence-electron chi connectivity index (χ4n) is 1.55. The maximum atomic E-state index is 9.86. The van der Waals surface area contributed by atoms with Crippen molar-refractivity contribution in [3.05, 3.63) is 72.9 Å². The monoisotopic (exact) mass is 776 g/mol. The summed E-state index contributed by atoms with van der Waals surface area (Å²) in [5, 5.41) is 81.5. The Bertz CT molecular complexity index is 1250. The second-order valence-corrected chi connectivity index (χ2v) is 7.92. The van der Waals surface area contributed by atoms with E-state index in [1.165, 1.54) is 37.2 Å². The standard InChI is InChI=1S/3C6H6N2O2.3C3H6O3.Mo/c3*9-6(10)2-1-5-3-7-4-8-5;3*1-2(4)3(5)6;/h3*1-4H,(H,7,8)(H,9,10);3*2,4H,1H3,(H,5,6);/q;;;;;;+6/p-6. The predicted octanol–water partition coefficient (Wildman–Crippen LogP) is -8.13. The molecule has 21 nitrogen and oxygen atoms in total. The molecule has 3 rings (SSSR count). The normalized spacial score (nSPS) is 11.4. The minimum Gasteiger partial charge on any atom is -0.547 e. The SMILES string of the molecule is CC(O)C(=O)[O-].CC(O)C(=O)[O-].CC(O)C(=O)[O-].O=C([O-])C=Cc1c[nH]cn1.O=C([O-])C=Cc1c[nH]cn1.O=C([O-])C=Cc1c[nH]cn1.[Mo+6]. The van der Waals surface area contributed by atoms with Gasteiger partial charge in [0.15, 0.2) is 0 Å². The molecule has 3 atom stereocenters. The molecular weight excluding hydrogens is 744 g/mol. The number of carbonyl (C=O) groups excluding carboxylic acids is 6. The molecule has 3 aromatic heterocycles. The summed E-state index contributed by atoms with van der Waals surface area (Å²) in [5.41, 5.74) is 1.72. The number of carboxylic acid groups (broad SMARTS) is 6. The predicted molar refractivity (Wildman–Crippen MR) is 148 cm³/mol.